The number of hydrogen-bond donors (Lipinski definition) is 2. The van der Waals surface area contributed by atoms with Gasteiger partial charge in [0.05, 0.1) is 11.0 Å². The minimum Gasteiger partial charge on any atom is -0.342 e. The number of fused-ring (bicyclic) bond motifs is 1. The number of hydrazine groups is 1. The van der Waals surface area contributed by atoms with Crippen molar-refractivity contribution in [2.24, 2.45) is 5.84 Å². The van der Waals surface area contributed by atoms with Crippen LogP contribution < -0.4 is 5.84 Å². The monoisotopic (exact) mass is 244 g/mol. The molecule has 1 saturated heterocycles. The number of nitrogens with zero attached hydrogens (tertiary/aromatic N) is 2. The first-order chi connectivity index (χ1) is 8.74. The lowest BCUT2D eigenvalue weighted by Crippen LogP contribution is -2.34. The third kappa shape index (κ3) is 2.13. The Balaban J connectivity index is 1.96. The summed E-state index contributed by atoms with van der Waals surface area (Å²) in [5.74, 6) is 7.13. The van der Waals surface area contributed by atoms with E-state index in [4.69, 9.17) is 5.84 Å². The summed E-state index contributed by atoms with van der Waals surface area (Å²) in [7, 11) is 0. The Hall–Kier alpha value is -1.39. The lowest BCUT2D eigenvalue weighted by atomic mass is 10.0. The van der Waals surface area contributed by atoms with Crippen LogP contribution in [0.25, 0.3) is 11.0 Å². The number of rotatable bonds is 1. The van der Waals surface area contributed by atoms with E-state index in [0.29, 0.717) is 6.04 Å². The van der Waals surface area contributed by atoms with Crippen LogP contribution in [0.5, 0.6) is 0 Å². The number of imidazole rings is 1. The van der Waals surface area contributed by atoms with E-state index >= 15 is 0 Å². The highest BCUT2D eigenvalue weighted by Gasteiger charge is 2.20. The van der Waals surface area contributed by atoms with E-state index < -0.39 is 0 Å². The number of nitrogens with two attached hydrogens (primary N) is 1. The molecule has 4 heteroatoms. The highest BCUT2D eigenvalue weighted by molar-refractivity contribution is 5.75. The number of nitrogens with one attached hydrogen (secondary N) is 1. The molecule has 3 N–H and O–H groups in total. The van der Waals surface area contributed by atoms with E-state index in [1.165, 1.54) is 24.8 Å². The lowest BCUT2D eigenvalue weighted by molar-refractivity contribution is 0.207. The van der Waals surface area contributed by atoms with Gasteiger partial charge in [0.1, 0.15) is 5.82 Å². The molecule has 4 nitrogen and oxygen atoms in total. The van der Waals surface area contributed by atoms with Crippen LogP contribution in [0.1, 0.15) is 43.1 Å². The number of aryl methyl sites for hydroxylation is 1. The molecule has 0 amide bonds. The van der Waals surface area contributed by atoms with Crippen LogP contribution in [0.3, 0.4) is 0 Å². The van der Waals surface area contributed by atoms with Gasteiger partial charge in [0.15, 0.2) is 0 Å². The Kier molecular flexibility index (Phi) is 3.06. The van der Waals surface area contributed by atoms with Crippen molar-refractivity contribution in [3.05, 3.63) is 29.6 Å². The van der Waals surface area contributed by atoms with Gasteiger partial charge in [0, 0.05) is 12.6 Å². The first-order valence-corrected chi connectivity index (χ1v) is 6.71. The molecule has 0 bridgehead atoms. The van der Waals surface area contributed by atoms with E-state index in [1.807, 2.05) is 11.9 Å². The summed E-state index contributed by atoms with van der Waals surface area (Å²) in [4.78, 5) is 7.73. The quantitative estimate of drug-likeness (QED) is 0.758. The highest BCUT2D eigenvalue weighted by atomic mass is 15.4. The van der Waals surface area contributed by atoms with Crippen LogP contribution in [-0.2, 0) is 0 Å². The molecule has 0 saturated carbocycles. The Labute approximate surface area is 107 Å². The average molecular weight is 244 g/mol. The van der Waals surface area contributed by atoms with Crippen molar-refractivity contribution >= 4 is 11.0 Å². The molecular weight excluding hydrogens is 224 g/mol. The van der Waals surface area contributed by atoms with Gasteiger partial charge < -0.3 is 4.98 Å². The molecule has 1 atom stereocenters. The summed E-state index contributed by atoms with van der Waals surface area (Å²) in [6, 6.07) is 6.80. The Morgan fingerprint density at radius 3 is 3.11 bits per heavy atom. The normalized spacial score (nSPS) is 22.2. The van der Waals surface area contributed by atoms with Crippen LogP contribution >= 0.6 is 0 Å². The zero-order valence-corrected chi connectivity index (χ0v) is 10.8. The maximum absolute atomic E-state index is 6.17. The van der Waals surface area contributed by atoms with Gasteiger partial charge in [-0.15, -0.1) is 0 Å². The molecule has 0 spiro atoms. The summed E-state index contributed by atoms with van der Waals surface area (Å²) < 4.78 is 0. The predicted molar refractivity (Wildman–Crippen MR) is 72.9 cm³/mol. The fourth-order valence-corrected chi connectivity index (χ4v) is 2.85. The minimum absolute atomic E-state index is 0.348. The van der Waals surface area contributed by atoms with Crippen LogP contribution in [-0.4, -0.2) is 21.5 Å². The maximum atomic E-state index is 6.17. The molecule has 2 heterocycles. The SMILES string of the molecule is Cc1nc2ccc(C3CCCCCN3N)cc2[nH]1. The fourth-order valence-electron chi connectivity index (χ4n) is 2.85. The average Bonchev–Trinajstić information content (AvgIpc) is 2.58. The van der Waals surface area contributed by atoms with E-state index in [0.717, 1.165) is 29.8 Å². The van der Waals surface area contributed by atoms with Crippen molar-refractivity contribution in [2.75, 3.05) is 6.54 Å². The van der Waals surface area contributed by atoms with E-state index in [2.05, 4.69) is 28.2 Å². The number of H-pyrrole nitrogens is 1. The second-order valence-corrected chi connectivity index (χ2v) is 5.20. The largest absolute Gasteiger partial charge is 0.342 e. The highest BCUT2D eigenvalue weighted by Crippen LogP contribution is 2.29. The molecule has 0 aliphatic carbocycles. The minimum atomic E-state index is 0.348. The van der Waals surface area contributed by atoms with Gasteiger partial charge in [-0.3, -0.25) is 5.84 Å². The fraction of sp³-hybridized carbons (Fsp3) is 0.500. The molecule has 1 fully saturated rings. The molecule has 1 aromatic heterocycles. The molecule has 3 rings (SSSR count). The first-order valence-electron chi connectivity index (χ1n) is 6.71. The van der Waals surface area contributed by atoms with Gasteiger partial charge in [-0.1, -0.05) is 18.9 Å². The topological polar surface area (TPSA) is 57.9 Å². The zero-order chi connectivity index (χ0) is 12.5. The Morgan fingerprint density at radius 2 is 2.22 bits per heavy atom. The first kappa shape index (κ1) is 11.7. The van der Waals surface area contributed by atoms with Gasteiger partial charge >= 0.3 is 0 Å². The standard InChI is InChI=1S/C14H20N4/c1-10-16-12-7-6-11(9-13(12)17-10)14-5-3-2-4-8-18(14)15/h6-7,9,14H,2-5,8,15H2,1H3,(H,16,17). The van der Waals surface area contributed by atoms with Crippen molar-refractivity contribution in [3.8, 4) is 0 Å². The number of aromatic nitrogens is 2. The third-order valence-corrected chi connectivity index (χ3v) is 3.80. The van der Waals surface area contributed by atoms with Crippen molar-refractivity contribution in [1.82, 2.24) is 15.0 Å². The van der Waals surface area contributed by atoms with E-state index in [9.17, 15) is 0 Å². The van der Waals surface area contributed by atoms with Gasteiger partial charge in [-0.05, 0) is 37.5 Å². The van der Waals surface area contributed by atoms with Gasteiger partial charge in [0.25, 0.3) is 0 Å². The Morgan fingerprint density at radius 1 is 1.33 bits per heavy atom. The molecule has 96 valence electrons. The van der Waals surface area contributed by atoms with Crippen molar-refractivity contribution in [1.29, 1.82) is 0 Å². The summed E-state index contributed by atoms with van der Waals surface area (Å²) in [5.41, 5.74) is 3.45. The van der Waals surface area contributed by atoms with Gasteiger partial charge in [0.2, 0.25) is 0 Å². The van der Waals surface area contributed by atoms with Crippen molar-refractivity contribution in [3.63, 3.8) is 0 Å². The van der Waals surface area contributed by atoms with Crippen molar-refractivity contribution in [2.45, 2.75) is 38.6 Å². The number of aromatic amines is 1. The van der Waals surface area contributed by atoms with Crippen LogP contribution in [0.15, 0.2) is 18.2 Å². The second kappa shape index (κ2) is 4.71. The van der Waals surface area contributed by atoms with Gasteiger partial charge in [-0.2, -0.15) is 0 Å². The second-order valence-electron chi connectivity index (χ2n) is 5.20. The van der Waals surface area contributed by atoms with Crippen LogP contribution in [0, 0.1) is 6.92 Å². The number of benzene rings is 1. The summed E-state index contributed by atoms with van der Waals surface area (Å²) in [6.45, 7) is 2.98. The lowest BCUT2D eigenvalue weighted by Gasteiger charge is -2.25. The van der Waals surface area contributed by atoms with Gasteiger partial charge in [-0.25, -0.2) is 9.99 Å². The van der Waals surface area contributed by atoms with E-state index in [-0.39, 0.29) is 0 Å². The molecule has 2 aromatic rings. The Bertz CT molecular complexity index is 546. The molecule has 1 aliphatic rings. The molecule has 18 heavy (non-hydrogen) atoms. The zero-order valence-electron chi connectivity index (χ0n) is 10.8. The smallest absolute Gasteiger partial charge is 0.104 e. The molecule has 0 radical (unpaired) electrons. The van der Waals surface area contributed by atoms with Crippen LogP contribution in [0.2, 0.25) is 0 Å². The third-order valence-electron chi connectivity index (χ3n) is 3.80. The molecule has 1 unspecified atom stereocenters. The number of hydrogen-bond acceptors (Lipinski definition) is 3. The summed E-state index contributed by atoms with van der Waals surface area (Å²) in [5, 5.41) is 2.00. The molecule has 1 aliphatic heterocycles. The van der Waals surface area contributed by atoms with Crippen LogP contribution in [0.4, 0.5) is 0 Å². The predicted octanol–water partition coefficient (Wildman–Crippen LogP) is 2.66. The summed E-state index contributed by atoms with van der Waals surface area (Å²) >= 11 is 0. The summed E-state index contributed by atoms with van der Waals surface area (Å²) in [6.07, 6.45) is 4.90. The van der Waals surface area contributed by atoms with E-state index in [1.54, 1.807) is 0 Å². The molecular formula is C14H20N4. The van der Waals surface area contributed by atoms with Crippen molar-refractivity contribution < 1.29 is 0 Å². The maximum Gasteiger partial charge on any atom is 0.104 e. The molecule has 1 aromatic carbocycles.